The van der Waals surface area contributed by atoms with Crippen LogP contribution in [0, 0.1) is 6.92 Å². The zero-order valence-corrected chi connectivity index (χ0v) is 13.9. The normalized spacial score (nSPS) is 17.8. The molecule has 1 unspecified atom stereocenters. The predicted octanol–water partition coefficient (Wildman–Crippen LogP) is 2.15. The monoisotopic (exact) mass is 327 g/mol. The van der Waals surface area contributed by atoms with Crippen LogP contribution in [0.2, 0.25) is 0 Å². The molecule has 24 heavy (non-hydrogen) atoms. The molecule has 0 spiro atoms. The van der Waals surface area contributed by atoms with Crippen molar-refractivity contribution in [2.75, 3.05) is 26.8 Å². The summed E-state index contributed by atoms with van der Waals surface area (Å²) in [5.41, 5.74) is 2.53. The maximum atomic E-state index is 12.8. The van der Waals surface area contributed by atoms with Crippen molar-refractivity contribution < 1.29 is 14.3 Å². The number of carbonyl (C=O) groups is 1. The fraction of sp³-hybridized carbons (Fsp3) is 0.389. The lowest BCUT2D eigenvalue weighted by Gasteiger charge is -2.32. The summed E-state index contributed by atoms with van der Waals surface area (Å²) in [5.74, 6) is 0.620. The maximum Gasteiger partial charge on any atom is 0.254 e. The minimum Gasteiger partial charge on any atom is -0.380 e. The Bertz CT molecular complexity index is 720. The lowest BCUT2D eigenvalue weighted by Crippen LogP contribution is -2.42. The van der Waals surface area contributed by atoms with Gasteiger partial charge in [0.15, 0.2) is 5.82 Å². The molecule has 6 heteroatoms. The molecule has 6 nitrogen and oxygen atoms in total. The number of aromatic nitrogens is 2. The van der Waals surface area contributed by atoms with Gasteiger partial charge in [-0.1, -0.05) is 12.1 Å². The number of benzene rings is 1. The third kappa shape index (κ3) is 3.77. The summed E-state index contributed by atoms with van der Waals surface area (Å²) in [7, 11) is 1.64. The Labute approximate surface area is 141 Å². The summed E-state index contributed by atoms with van der Waals surface area (Å²) in [5, 5.41) is 0. The number of rotatable bonds is 4. The van der Waals surface area contributed by atoms with Crippen molar-refractivity contribution in [2.24, 2.45) is 0 Å². The first-order valence-corrected chi connectivity index (χ1v) is 7.95. The summed E-state index contributed by atoms with van der Waals surface area (Å²) in [4.78, 5) is 23.3. The van der Waals surface area contributed by atoms with Gasteiger partial charge in [0.25, 0.3) is 5.91 Å². The molecule has 0 bridgehead atoms. The van der Waals surface area contributed by atoms with Crippen molar-refractivity contribution in [2.45, 2.75) is 19.6 Å². The van der Waals surface area contributed by atoms with E-state index in [0.717, 1.165) is 11.3 Å². The lowest BCUT2D eigenvalue weighted by atomic mass is 10.1. The fourth-order valence-electron chi connectivity index (χ4n) is 2.76. The van der Waals surface area contributed by atoms with E-state index < -0.39 is 0 Å². The number of carbonyl (C=O) groups excluding carboxylic acids is 1. The van der Waals surface area contributed by atoms with E-state index in [1.165, 1.54) is 0 Å². The van der Waals surface area contributed by atoms with Crippen molar-refractivity contribution in [1.82, 2.24) is 14.9 Å². The van der Waals surface area contributed by atoms with E-state index in [9.17, 15) is 4.79 Å². The van der Waals surface area contributed by atoms with Gasteiger partial charge in [-0.3, -0.25) is 4.79 Å². The number of hydrogen-bond acceptors (Lipinski definition) is 5. The summed E-state index contributed by atoms with van der Waals surface area (Å²) in [6.45, 7) is 3.90. The molecule has 1 aliphatic rings. The van der Waals surface area contributed by atoms with Gasteiger partial charge >= 0.3 is 0 Å². The van der Waals surface area contributed by atoms with Gasteiger partial charge in [-0.25, -0.2) is 9.97 Å². The SMILES string of the molecule is COCc1cccc(C(=O)N2CCOC(c3nccc(C)n3)C2)c1. The molecule has 1 aliphatic heterocycles. The molecule has 126 valence electrons. The second-order valence-electron chi connectivity index (χ2n) is 5.80. The van der Waals surface area contributed by atoms with Crippen LogP contribution in [0.15, 0.2) is 36.5 Å². The highest BCUT2D eigenvalue weighted by Gasteiger charge is 2.27. The standard InChI is InChI=1S/C18H21N3O3/c1-13-6-7-19-17(20-13)16-11-21(8-9-24-16)18(22)15-5-3-4-14(10-15)12-23-2/h3-7,10,16H,8-9,11-12H2,1-2H3. The van der Waals surface area contributed by atoms with Crippen LogP contribution in [0.4, 0.5) is 0 Å². The van der Waals surface area contributed by atoms with Crippen LogP contribution in [0.1, 0.15) is 33.5 Å². The molecule has 3 rings (SSSR count). The lowest BCUT2D eigenvalue weighted by molar-refractivity contribution is -0.0268. The largest absolute Gasteiger partial charge is 0.380 e. The molecule has 0 radical (unpaired) electrons. The molecule has 1 saturated heterocycles. The van der Waals surface area contributed by atoms with Gasteiger partial charge in [-0.2, -0.15) is 0 Å². The number of methoxy groups -OCH3 is 1. The molecular formula is C18H21N3O3. The Hall–Kier alpha value is -2.31. The summed E-state index contributed by atoms with van der Waals surface area (Å²) in [6.07, 6.45) is 1.43. The molecule has 1 fully saturated rings. The number of ether oxygens (including phenoxy) is 2. The van der Waals surface area contributed by atoms with Gasteiger partial charge in [0.2, 0.25) is 0 Å². The molecular weight excluding hydrogens is 306 g/mol. The number of amides is 1. The van der Waals surface area contributed by atoms with Crippen molar-refractivity contribution in [3.63, 3.8) is 0 Å². The fourth-order valence-corrected chi connectivity index (χ4v) is 2.76. The van der Waals surface area contributed by atoms with Gasteiger partial charge in [0.1, 0.15) is 6.10 Å². The quantitative estimate of drug-likeness (QED) is 0.861. The average molecular weight is 327 g/mol. The first-order valence-electron chi connectivity index (χ1n) is 7.95. The van der Waals surface area contributed by atoms with Crippen LogP contribution in [0.25, 0.3) is 0 Å². The Morgan fingerprint density at radius 2 is 2.29 bits per heavy atom. The number of hydrogen-bond donors (Lipinski definition) is 0. The number of morpholine rings is 1. The van der Waals surface area contributed by atoms with E-state index in [-0.39, 0.29) is 12.0 Å². The van der Waals surface area contributed by atoms with Crippen LogP contribution in [0.5, 0.6) is 0 Å². The Morgan fingerprint density at radius 1 is 1.42 bits per heavy atom. The maximum absolute atomic E-state index is 12.8. The minimum atomic E-state index is -0.287. The highest BCUT2D eigenvalue weighted by molar-refractivity contribution is 5.94. The van der Waals surface area contributed by atoms with Crippen LogP contribution >= 0.6 is 0 Å². The van der Waals surface area contributed by atoms with E-state index in [4.69, 9.17) is 9.47 Å². The van der Waals surface area contributed by atoms with Crippen LogP contribution in [-0.4, -0.2) is 47.6 Å². The molecule has 0 aliphatic carbocycles. The summed E-state index contributed by atoms with van der Waals surface area (Å²) in [6, 6.07) is 9.37. The van der Waals surface area contributed by atoms with E-state index >= 15 is 0 Å². The third-order valence-corrected chi connectivity index (χ3v) is 3.94. The molecule has 2 heterocycles. The molecule has 0 saturated carbocycles. The van der Waals surface area contributed by atoms with Crippen molar-refractivity contribution >= 4 is 5.91 Å². The first-order chi connectivity index (χ1) is 11.7. The van der Waals surface area contributed by atoms with Crippen LogP contribution in [0.3, 0.4) is 0 Å². The van der Waals surface area contributed by atoms with Crippen LogP contribution < -0.4 is 0 Å². The van der Waals surface area contributed by atoms with E-state index in [1.54, 1.807) is 18.2 Å². The molecule has 1 amide bonds. The Kier molecular flexibility index (Phi) is 5.17. The van der Waals surface area contributed by atoms with E-state index in [2.05, 4.69) is 9.97 Å². The first kappa shape index (κ1) is 16.5. The molecule has 1 atom stereocenters. The summed E-state index contributed by atoms with van der Waals surface area (Å²) >= 11 is 0. The highest BCUT2D eigenvalue weighted by atomic mass is 16.5. The van der Waals surface area contributed by atoms with Crippen LogP contribution in [-0.2, 0) is 16.1 Å². The molecule has 1 aromatic heterocycles. The minimum absolute atomic E-state index is 0.00564. The second kappa shape index (κ2) is 7.51. The smallest absolute Gasteiger partial charge is 0.254 e. The van der Waals surface area contributed by atoms with Gasteiger partial charge < -0.3 is 14.4 Å². The third-order valence-electron chi connectivity index (χ3n) is 3.94. The van der Waals surface area contributed by atoms with Gasteiger partial charge in [-0.15, -0.1) is 0 Å². The topological polar surface area (TPSA) is 64.5 Å². The molecule has 1 aromatic carbocycles. The zero-order valence-electron chi connectivity index (χ0n) is 13.9. The van der Waals surface area contributed by atoms with E-state index in [1.807, 2.05) is 37.3 Å². The average Bonchev–Trinajstić information content (AvgIpc) is 2.62. The van der Waals surface area contributed by atoms with Crippen molar-refractivity contribution in [3.8, 4) is 0 Å². The van der Waals surface area contributed by atoms with Crippen molar-refractivity contribution in [3.05, 3.63) is 59.2 Å². The number of aryl methyl sites for hydroxylation is 1. The number of nitrogens with zero attached hydrogens (tertiary/aromatic N) is 3. The Balaban J connectivity index is 1.74. The molecule has 0 N–H and O–H groups in total. The summed E-state index contributed by atoms with van der Waals surface area (Å²) < 4.78 is 10.9. The zero-order chi connectivity index (χ0) is 16.9. The highest BCUT2D eigenvalue weighted by Crippen LogP contribution is 2.21. The predicted molar refractivity (Wildman–Crippen MR) is 88.5 cm³/mol. The van der Waals surface area contributed by atoms with E-state index in [0.29, 0.717) is 37.7 Å². The molecule has 2 aromatic rings. The Morgan fingerprint density at radius 3 is 3.08 bits per heavy atom. The van der Waals surface area contributed by atoms with Crippen molar-refractivity contribution in [1.29, 1.82) is 0 Å². The second-order valence-corrected chi connectivity index (χ2v) is 5.80. The van der Waals surface area contributed by atoms with Gasteiger partial charge in [0, 0.05) is 31.1 Å². The van der Waals surface area contributed by atoms with Gasteiger partial charge in [0.05, 0.1) is 19.8 Å². The van der Waals surface area contributed by atoms with Gasteiger partial charge in [-0.05, 0) is 30.7 Å².